The fourth-order valence-corrected chi connectivity index (χ4v) is 3.59. The summed E-state index contributed by atoms with van der Waals surface area (Å²) in [6.07, 6.45) is 4.03. The Morgan fingerprint density at radius 1 is 1.27 bits per heavy atom. The Hall–Kier alpha value is -1.90. The van der Waals surface area contributed by atoms with E-state index in [-0.39, 0.29) is 0 Å². The van der Waals surface area contributed by atoms with Crippen molar-refractivity contribution in [3.05, 3.63) is 23.9 Å². The molecule has 2 fully saturated rings. The van der Waals surface area contributed by atoms with Gasteiger partial charge in [-0.25, -0.2) is 9.98 Å². The number of nitrogens with one attached hydrogen (secondary N) is 2. The quantitative estimate of drug-likeness (QED) is 0.337. The summed E-state index contributed by atoms with van der Waals surface area (Å²) in [4.78, 5) is 14.0. The standard InChI is InChI=1S/C22H38N6O2/c1-3-23-22(24-8-4-13-29-17-20-7-14-30-18-20)26-16-19-5-6-21(25-15-19)28-11-9-27(2)10-12-28/h5-6,15,20H,3-4,7-14,16-18H2,1-2H3,(H2,23,24,26). The van der Waals surface area contributed by atoms with Crippen molar-refractivity contribution in [1.29, 1.82) is 0 Å². The molecule has 0 bridgehead atoms. The minimum Gasteiger partial charge on any atom is -0.381 e. The van der Waals surface area contributed by atoms with Crippen molar-refractivity contribution in [2.75, 3.05) is 77.6 Å². The smallest absolute Gasteiger partial charge is 0.191 e. The minimum atomic E-state index is 0.577. The van der Waals surface area contributed by atoms with Gasteiger partial charge in [0.25, 0.3) is 0 Å². The lowest BCUT2D eigenvalue weighted by Crippen LogP contribution is -2.44. The molecule has 2 N–H and O–H groups in total. The van der Waals surface area contributed by atoms with E-state index in [1.807, 2.05) is 6.20 Å². The minimum absolute atomic E-state index is 0.577. The van der Waals surface area contributed by atoms with Crippen molar-refractivity contribution < 1.29 is 9.47 Å². The molecule has 30 heavy (non-hydrogen) atoms. The molecule has 8 nitrogen and oxygen atoms in total. The molecule has 0 aliphatic carbocycles. The molecule has 0 aromatic carbocycles. The normalized spacial score (nSPS) is 20.5. The SMILES string of the molecule is CCNC(=NCc1ccc(N2CCN(C)CC2)nc1)NCCCOCC1CCOC1. The van der Waals surface area contributed by atoms with Crippen LogP contribution in [0.5, 0.6) is 0 Å². The lowest BCUT2D eigenvalue weighted by molar-refractivity contribution is 0.0888. The van der Waals surface area contributed by atoms with Crippen LogP contribution >= 0.6 is 0 Å². The van der Waals surface area contributed by atoms with Gasteiger partial charge >= 0.3 is 0 Å². The zero-order chi connectivity index (χ0) is 21.0. The Bertz CT molecular complexity index is 625. The summed E-state index contributed by atoms with van der Waals surface area (Å²) in [5, 5.41) is 6.69. The van der Waals surface area contributed by atoms with Crippen LogP contribution in [0.4, 0.5) is 5.82 Å². The summed E-state index contributed by atoms with van der Waals surface area (Å²) < 4.78 is 11.1. The van der Waals surface area contributed by atoms with Gasteiger partial charge < -0.3 is 29.9 Å². The number of aliphatic imine (C=N–C) groups is 1. The van der Waals surface area contributed by atoms with Gasteiger partial charge in [0.2, 0.25) is 0 Å². The summed E-state index contributed by atoms with van der Waals surface area (Å²) >= 11 is 0. The van der Waals surface area contributed by atoms with Crippen LogP contribution in [-0.2, 0) is 16.0 Å². The number of rotatable bonds is 10. The van der Waals surface area contributed by atoms with Crippen LogP contribution in [0.25, 0.3) is 0 Å². The lowest BCUT2D eigenvalue weighted by Gasteiger charge is -2.33. The summed E-state index contributed by atoms with van der Waals surface area (Å²) in [6, 6.07) is 4.25. The number of anilines is 1. The third-order valence-corrected chi connectivity index (χ3v) is 5.54. The Morgan fingerprint density at radius 2 is 2.13 bits per heavy atom. The van der Waals surface area contributed by atoms with Crippen LogP contribution in [0.3, 0.4) is 0 Å². The Labute approximate surface area is 181 Å². The van der Waals surface area contributed by atoms with E-state index in [0.717, 1.165) is 95.9 Å². The molecular formula is C22H38N6O2. The number of likely N-dealkylation sites (N-methyl/N-ethyl adjacent to an activating group) is 1. The van der Waals surface area contributed by atoms with Crippen LogP contribution in [0.15, 0.2) is 23.3 Å². The van der Waals surface area contributed by atoms with Gasteiger partial charge in [-0.2, -0.15) is 0 Å². The largest absolute Gasteiger partial charge is 0.381 e. The van der Waals surface area contributed by atoms with Crippen molar-refractivity contribution in [1.82, 2.24) is 20.5 Å². The van der Waals surface area contributed by atoms with Gasteiger partial charge in [-0.3, -0.25) is 0 Å². The summed E-state index contributed by atoms with van der Waals surface area (Å²) in [5.74, 6) is 2.47. The third-order valence-electron chi connectivity index (χ3n) is 5.54. The number of hydrogen-bond donors (Lipinski definition) is 2. The van der Waals surface area contributed by atoms with Crippen molar-refractivity contribution in [2.45, 2.75) is 26.3 Å². The first-order valence-corrected chi connectivity index (χ1v) is 11.3. The molecule has 0 amide bonds. The average Bonchev–Trinajstić information content (AvgIpc) is 3.29. The zero-order valence-corrected chi connectivity index (χ0v) is 18.6. The molecule has 1 aromatic rings. The molecule has 0 saturated carbocycles. The van der Waals surface area contributed by atoms with Crippen molar-refractivity contribution in [3.8, 4) is 0 Å². The topological polar surface area (TPSA) is 74.3 Å². The maximum Gasteiger partial charge on any atom is 0.191 e. The maximum atomic E-state index is 5.76. The molecular weight excluding hydrogens is 380 g/mol. The number of aromatic nitrogens is 1. The van der Waals surface area contributed by atoms with E-state index in [0.29, 0.717) is 12.5 Å². The number of pyridine rings is 1. The maximum absolute atomic E-state index is 5.76. The molecule has 1 atom stereocenters. The summed E-state index contributed by atoms with van der Waals surface area (Å²) in [6.45, 7) is 11.9. The Morgan fingerprint density at radius 3 is 2.83 bits per heavy atom. The Balaban J connectivity index is 1.36. The predicted molar refractivity (Wildman–Crippen MR) is 121 cm³/mol. The Kier molecular flexibility index (Phi) is 9.66. The number of hydrogen-bond acceptors (Lipinski definition) is 6. The van der Waals surface area contributed by atoms with Gasteiger partial charge in [-0.15, -0.1) is 0 Å². The van der Waals surface area contributed by atoms with E-state index in [9.17, 15) is 0 Å². The number of nitrogens with zero attached hydrogens (tertiary/aromatic N) is 4. The highest BCUT2D eigenvalue weighted by atomic mass is 16.5. The molecule has 2 aliphatic heterocycles. The first-order valence-electron chi connectivity index (χ1n) is 11.3. The van der Waals surface area contributed by atoms with Crippen LogP contribution in [0.2, 0.25) is 0 Å². The second kappa shape index (κ2) is 12.7. The number of piperazine rings is 1. The van der Waals surface area contributed by atoms with Crippen molar-refractivity contribution in [2.24, 2.45) is 10.9 Å². The van der Waals surface area contributed by atoms with Crippen LogP contribution in [0.1, 0.15) is 25.3 Å². The van der Waals surface area contributed by atoms with Gasteiger partial charge in [0, 0.05) is 64.6 Å². The first kappa shape index (κ1) is 22.8. The van der Waals surface area contributed by atoms with Gasteiger partial charge in [-0.1, -0.05) is 6.07 Å². The highest BCUT2D eigenvalue weighted by Gasteiger charge is 2.16. The van der Waals surface area contributed by atoms with Crippen LogP contribution < -0.4 is 15.5 Å². The highest BCUT2D eigenvalue weighted by molar-refractivity contribution is 5.79. The molecule has 168 valence electrons. The van der Waals surface area contributed by atoms with E-state index in [1.54, 1.807) is 0 Å². The van der Waals surface area contributed by atoms with E-state index in [1.165, 1.54) is 0 Å². The van der Waals surface area contributed by atoms with Gasteiger partial charge in [0.1, 0.15) is 5.82 Å². The van der Waals surface area contributed by atoms with Crippen molar-refractivity contribution in [3.63, 3.8) is 0 Å². The second-order valence-corrected chi connectivity index (χ2v) is 8.09. The van der Waals surface area contributed by atoms with Crippen LogP contribution in [-0.4, -0.2) is 88.6 Å². The molecule has 3 heterocycles. The summed E-state index contributed by atoms with van der Waals surface area (Å²) in [7, 11) is 2.17. The number of ether oxygens (including phenoxy) is 2. The molecule has 3 rings (SSSR count). The van der Waals surface area contributed by atoms with E-state index >= 15 is 0 Å². The molecule has 0 radical (unpaired) electrons. The van der Waals surface area contributed by atoms with E-state index in [2.05, 4.69) is 51.5 Å². The predicted octanol–water partition coefficient (Wildman–Crippen LogP) is 1.33. The average molecular weight is 419 g/mol. The molecule has 2 aliphatic rings. The molecule has 0 spiro atoms. The third kappa shape index (κ3) is 7.74. The molecule has 2 saturated heterocycles. The fourth-order valence-electron chi connectivity index (χ4n) is 3.59. The molecule has 8 heteroatoms. The van der Waals surface area contributed by atoms with Gasteiger partial charge in [0.05, 0.1) is 19.8 Å². The lowest BCUT2D eigenvalue weighted by atomic mass is 10.1. The second-order valence-electron chi connectivity index (χ2n) is 8.09. The van der Waals surface area contributed by atoms with Crippen molar-refractivity contribution >= 4 is 11.8 Å². The molecule has 1 aromatic heterocycles. The first-order chi connectivity index (χ1) is 14.7. The summed E-state index contributed by atoms with van der Waals surface area (Å²) in [5.41, 5.74) is 1.12. The fraction of sp³-hybridized carbons (Fsp3) is 0.727. The highest BCUT2D eigenvalue weighted by Crippen LogP contribution is 2.14. The monoisotopic (exact) mass is 418 g/mol. The van der Waals surface area contributed by atoms with Gasteiger partial charge in [-0.05, 0) is 38.4 Å². The van der Waals surface area contributed by atoms with Crippen LogP contribution in [0, 0.1) is 5.92 Å². The number of guanidine groups is 1. The van der Waals surface area contributed by atoms with E-state index in [4.69, 9.17) is 14.5 Å². The van der Waals surface area contributed by atoms with E-state index < -0.39 is 0 Å². The zero-order valence-electron chi connectivity index (χ0n) is 18.6. The van der Waals surface area contributed by atoms with Gasteiger partial charge in [0.15, 0.2) is 5.96 Å². The molecule has 1 unspecified atom stereocenters.